The van der Waals surface area contributed by atoms with Crippen molar-refractivity contribution in [1.29, 1.82) is 0 Å². The number of nitrogens with one attached hydrogen (secondary N) is 2. The van der Waals surface area contributed by atoms with Crippen LogP contribution in [0, 0.1) is 17.0 Å². The highest BCUT2D eigenvalue weighted by Gasteiger charge is 2.22. The number of nitro benzene ring substituents is 1. The predicted molar refractivity (Wildman–Crippen MR) is 145 cm³/mol. The minimum absolute atomic E-state index is 0.0171. The summed E-state index contributed by atoms with van der Waals surface area (Å²) in [5.41, 5.74) is 0.795. The zero-order valence-corrected chi connectivity index (χ0v) is 22.7. The average molecular weight is 570 g/mol. The van der Waals surface area contributed by atoms with E-state index in [1.54, 1.807) is 34.3 Å². The minimum atomic E-state index is -0.536. The van der Waals surface area contributed by atoms with Crippen LogP contribution in [0.3, 0.4) is 0 Å². The summed E-state index contributed by atoms with van der Waals surface area (Å²) >= 11 is 2.44. The number of anilines is 1. The first-order valence-corrected chi connectivity index (χ1v) is 13.2. The van der Waals surface area contributed by atoms with Crippen molar-refractivity contribution in [2.45, 2.75) is 18.6 Å². The fourth-order valence-corrected chi connectivity index (χ4v) is 4.92. The third-order valence-electron chi connectivity index (χ3n) is 5.49. The number of carbonyl (C=O) groups is 2. The first-order valence-electron chi connectivity index (χ1n) is 11.3. The molecule has 2 heterocycles. The van der Waals surface area contributed by atoms with Crippen LogP contribution in [-0.2, 0) is 11.3 Å². The van der Waals surface area contributed by atoms with Crippen LogP contribution in [0.15, 0.2) is 53.1 Å². The Labute approximate surface area is 230 Å². The van der Waals surface area contributed by atoms with Gasteiger partial charge in [-0.2, -0.15) is 0 Å². The molecule has 39 heavy (non-hydrogen) atoms. The van der Waals surface area contributed by atoms with Crippen molar-refractivity contribution < 1.29 is 24.0 Å². The molecule has 0 radical (unpaired) electrons. The standard InChI is InChI=1S/C24H23N7O6S2/c1-14-16(5-4-6-17(14)31(34)35)22(33)26-12-20-28-29-24(39-13-21(32)27-23-25-9-10-38-23)30(20)18-11-15(36-2)7-8-19(18)37-3/h4-11H,12-13H2,1-3H3,(H,26,33)(H,25,27,32). The number of amides is 2. The Hall–Kier alpha value is -4.50. The van der Waals surface area contributed by atoms with Crippen molar-refractivity contribution in [1.82, 2.24) is 25.1 Å². The highest BCUT2D eigenvalue weighted by molar-refractivity contribution is 7.99. The molecule has 0 saturated carbocycles. The summed E-state index contributed by atoms with van der Waals surface area (Å²) in [6.07, 6.45) is 1.59. The van der Waals surface area contributed by atoms with Gasteiger partial charge in [0.05, 0.1) is 37.1 Å². The number of thioether (sulfide) groups is 1. The molecular weight excluding hydrogens is 546 g/mol. The van der Waals surface area contributed by atoms with E-state index in [1.165, 1.54) is 50.7 Å². The molecular formula is C24H23N7O6S2. The van der Waals surface area contributed by atoms with E-state index in [2.05, 4.69) is 25.8 Å². The molecule has 0 spiro atoms. The van der Waals surface area contributed by atoms with Gasteiger partial charge in [0.15, 0.2) is 16.1 Å². The molecule has 4 aromatic rings. The summed E-state index contributed by atoms with van der Waals surface area (Å²) in [4.78, 5) is 40.2. The fraction of sp³-hybridized carbons (Fsp3) is 0.208. The second kappa shape index (κ2) is 12.4. The summed E-state index contributed by atoms with van der Waals surface area (Å²) in [5, 5.41) is 27.8. The second-order valence-corrected chi connectivity index (χ2v) is 9.67. The van der Waals surface area contributed by atoms with Crippen LogP contribution in [0.1, 0.15) is 21.7 Å². The molecule has 2 N–H and O–H groups in total. The van der Waals surface area contributed by atoms with Gasteiger partial charge in [0.1, 0.15) is 11.5 Å². The zero-order chi connectivity index (χ0) is 27.9. The molecule has 2 amide bonds. The van der Waals surface area contributed by atoms with Crippen LogP contribution in [0.5, 0.6) is 11.5 Å². The number of rotatable bonds is 11. The van der Waals surface area contributed by atoms with Crippen molar-refractivity contribution in [2.75, 3.05) is 25.3 Å². The second-order valence-electron chi connectivity index (χ2n) is 7.84. The zero-order valence-electron chi connectivity index (χ0n) is 21.0. The summed E-state index contributed by atoms with van der Waals surface area (Å²) in [5.74, 6) is 0.578. The van der Waals surface area contributed by atoms with Crippen LogP contribution < -0.4 is 20.1 Å². The molecule has 2 aromatic carbocycles. The largest absolute Gasteiger partial charge is 0.497 e. The van der Waals surface area contributed by atoms with Crippen LogP contribution in [0.25, 0.3) is 5.69 Å². The number of hydrogen-bond donors (Lipinski definition) is 2. The topological polar surface area (TPSA) is 163 Å². The predicted octanol–water partition coefficient (Wildman–Crippen LogP) is 3.62. The lowest BCUT2D eigenvalue weighted by molar-refractivity contribution is -0.385. The summed E-state index contributed by atoms with van der Waals surface area (Å²) in [7, 11) is 3.04. The van der Waals surface area contributed by atoms with Gasteiger partial charge >= 0.3 is 0 Å². The molecule has 0 aliphatic heterocycles. The quantitative estimate of drug-likeness (QED) is 0.155. The maximum absolute atomic E-state index is 13.0. The fourth-order valence-electron chi connectivity index (χ4n) is 3.61. The maximum Gasteiger partial charge on any atom is 0.273 e. The Bertz CT molecular complexity index is 1510. The Balaban J connectivity index is 1.62. The molecule has 202 valence electrons. The molecule has 0 bridgehead atoms. The number of thiazole rings is 1. The van der Waals surface area contributed by atoms with E-state index in [-0.39, 0.29) is 35.0 Å². The van der Waals surface area contributed by atoms with Gasteiger partial charge in [0, 0.05) is 34.8 Å². The smallest absolute Gasteiger partial charge is 0.273 e. The lowest BCUT2D eigenvalue weighted by Gasteiger charge is -2.15. The number of benzene rings is 2. The van der Waals surface area contributed by atoms with E-state index >= 15 is 0 Å². The number of nitro groups is 1. The first-order chi connectivity index (χ1) is 18.8. The van der Waals surface area contributed by atoms with E-state index in [0.717, 1.165) is 11.8 Å². The number of methoxy groups -OCH3 is 2. The number of nitrogens with zero attached hydrogens (tertiary/aromatic N) is 5. The average Bonchev–Trinajstić information content (AvgIpc) is 3.59. The van der Waals surface area contributed by atoms with Gasteiger partial charge in [-0.25, -0.2) is 4.98 Å². The summed E-state index contributed by atoms with van der Waals surface area (Å²) < 4.78 is 12.6. The van der Waals surface area contributed by atoms with Crippen molar-refractivity contribution in [3.8, 4) is 17.2 Å². The number of hydrogen-bond acceptors (Lipinski definition) is 11. The molecule has 2 aromatic heterocycles. The summed E-state index contributed by atoms with van der Waals surface area (Å²) in [6.45, 7) is 1.45. The minimum Gasteiger partial charge on any atom is -0.497 e. The van der Waals surface area contributed by atoms with Crippen molar-refractivity contribution in [3.05, 3.63) is 75.0 Å². The van der Waals surface area contributed by atoms with Gasteiger partial charge in [-0.1, -0.05) is 17.8 Å². The maximum atomic E-state index is 13.0. The monoisotopic (exact) mass is 569 g/mol. The first kappa shape index (κ1) is 27.5. The third kappa shape index (κ3) is 6.32. The molecule has 4 rings (SSSR count). The van der Waals surface area contributed by atoms with Gasteiger partial charge in [-0.3, -0.25) is 24.3 Å². The Morgan fingerprint density at radius 2 is 2.00 bits per heavy atom. The van der Waals surface area contributed by atoms with Crippen LogP contribution in [0.2, 0.25) is 0 Å². The van der Waals surface area contributed by atoms with E-state index in [9.17, 15) is 19.7 Å². The van der Waals surface area contributed by atoms with Gasteiger partial charge in [-0.05, 0) is 25.1 Å². The van der Waals surface area contributed by atoms with E-state index in [1.807, 2.05) is 0 Å². The van der Waals surface area contributed by atoms with Gasteiger partial charge in [0.25, 0.3) is 11.6 Å². The van der Waals surface area contributed by atoms with Gasteiger partial charge in [-0.15, -0.1) is 21.5 Å². The van der Waals surface area contributed by atoms with Crippen LogP contribution in [-0.4, -0.2) is 56.5 Å². The van der Waals surface area contributed by atoms with Crippen molar-refractivity contribution in [3.63, 3.8) is 0 Å². The highest BCUT2D eigenvalue weighted by Crippen LogP contribution is 2.32. The Morgan fingerprint density at radius 3 is 2.69 bits per heavy atom. The Kier molecular flexibility index (Phi) is 8.73. The van der Waals surface area contributed by atoms with Crippen molar-refractivity contribution >= 4 is 45.7 Å². The van der Waals surface area contributed by atoms with E-state index in [0.29, 0.717) is 33.3 Å². The molecule has 13 nitrogen and oxygen atoms in total. The van der Waals surface area contributed by atoms with Gasteiger partial charge in [0.2, 0.25) is 5.91 Å². The SMILES string of the molecule is COc1ccc(OC)c(-n2c(CNC(=O)c3cccc([N+](=O)[O-])c3C)nnc2SCC(=O)Nc2nccs2)c1. The van der Waals surface area contributed by atoms with E-state index < -0.39 is 10.8 Å². The molecule has 0 fully saturated rings. The number of aromatic nitrogens is 4. The summed E-state index contributed by atoms with van der Waals surface area (Å²) in [6, 6.07) is 9.47. The molecule has 0 aliphatic rings. The molecule has 0 aliphatic carbocycles. The molecule has 0 saturated heterocycles. The molecule has 0 unspecified atom stereocenters. The number of carbonyl (C=O) groups excluding carboxylic acids is 2. The van der Waals surface area contributed by atoms with Crippen LogP contribution in [0.4, 0.5) is 10.8 Å². The van der Waals surface area contributed by atoms with E-state index in [4.69, 9.17) is 9.47 Å². The highest BCUT2D eigenvalue weighted by atomic mass is 32.2. The third-order valence-corrected chi connectivity index (χ3v) is 7.11. The Morgan fingerprint density at radius 1 is 1.18 bits per heavy atom. The lowest BCUT2D eigenvalue weighted by Crippen LogP contribution is -2.25. The normalized spacial score (nSPS) is 10.6. The van der Waals surface area contributed by atoms with Crippen molar-refractivity contribution in [2.24, 2.45) is 0 Å². The molecule has 0 atom stereocenters. The lowest BCUT2D eigenvalue weighted by atomic mass is 10.1. The van der Waals surface area contributed by atoms with Crippen LogP contribution >= 0.6 is 23.1 Å². The molecule has 15 heteroatoms. The number of ether oxygens (including phenoxy) is 2. The van der Waals surface area contributed by atoms with Gasteiger partial charge < -0.3 is 20.1 Å².